The quantitative estimate of drug-likeness (QED) is 0.698. The minimum Gasteiger partial charge on any atom is -0.345 e. The van der Waals surface area contributed by atoms with Crippen molar-refractivity contribution in [2.45, 2.75) is 58.0 Å². The zero-order valence-electron chi connectivity index (χ0n) is 15.1. The lowest BCUT2D eigenvalue weighted by Gasteiger charge is -2.22. The number of nitrogens with one attached hydrogen (secondary N) is 3. The number of hydrogen-bond donors (Lipinski definition) is 3. The van der Waals surface area contributed by atoms with Crippen molar-refractivity contribution in [3.05, 3.63) is 28.8 Å². The summed E-state index contributed by atoms with van der Waals surface area (Å²) in [6.07, 6.45) is 9.89. The van der Waals surface area contributed by atoms with Gasteiger partial charge in [0.05, 0.1) is 18.4 Å². The molecule has 0 spiro atoms. The van der Waals surface area contributed by atoms with E-state index in [0.29, 0.717) is 18.2 Å². The van der Waals surface area contributed by atoms with Gasteiger partial charge in [-0.05, 0) is 63.1 Å². The van der Waals surface area contributed by atoms with Gasteiger partial charge in [0.15, 0.2) is 5.69 Å². The molecule has 8 nitrogen and oxygen atoms in total. The number of hydrogen-bond acceptors (Lipinski definition) is 5. The molecule has 3 heterocycles. The Kier molecular flexibility index (Phi) is 5.29. The van der Waals surface area contributed by atoms with Gasteiger partial charge in [0.1, 0.15) is 0 Å². The summed E-state index contributed by atoms with van der Waals surface area (Å²) in [5.74, 6) is 0.365. The number of aromatic amines is 1. The Morgan fingerprint density at radius 1 is 1.27 bits per heavy atom. The van der Waals surface area contributed by atoms with Crippen LogP contribution in [0.1, 0.15) is 59.5 Å². The Bertz CT molecular complexity index is 745. The van der Waals surface area contributed by atoms with Gasteiger partial charge < -0.3 is 10.6 Å². The summed E-state index contributed by atoms with van der Waals surface area (Å²) in [6.45, 7) is 3.34. The summed E-state index contributed by atoms with van der Waals surface area (Å²) >= 11 is 0. The van der Waals surface area contributed by atoms with Crippen LogP contribution in [0.4, 0.5) is 0 Å². The molecule has 0 saturated carbocycles. The maximum atomic E-state index is 12.4. The van der Waals surface area contributed by atoms with Gasteiger partial charge in [-0.2, -0.15) is 5.10 Å². The summed E-state index contributed by atoms with van der Waals surface area (Å²) in [5.41, 5.74) is 3.85. The number of carbonyl (C=O) groups is 1. The first-order valence-corrected chi connectivity index (χ1v) is 9.73. The highest BCUT2D eigenvalue weighted by molar-refractivity contribution is 5.91. The van der Waals surface area contributed by atoms with Crippen molar-refractivity contribution < 1.29 is 4.79 Å². The fraction of sp³-hybridized carbons (Fsp3) is 0.667. The van der Waals surface area contributed by atoms with E-state index < -0.39 is 0 Å². The summed E-state index contributed by atoms with van der Waals surface area (Å²) in [4.78, 5) is 12.4. The summed E-state index contributed by atoms with van der Waals surface area (Å²) in [6, 6.07) is 0. The third-order valence-corrected chi connectivity index (χ3v) is 5.42. The van der Waals surface area contributed by atoms with Gasteiger partial charge in [0.25, 0.3) is 5.91 Å². The van der Waals surface area contributed by atoms with Crippen molar-refractivity contribution in [2.75, 3.05) is 13.1 Å². The molecule has 26 heavy (non-hydrogen) atoms. The predicted octanol–water partition coefficient (Wildman–Crippen LogP) is 1.20. The van der Waals surface area contributed by atoms with E-state index in [1.54, 1.807) is 10.9 Å². The number of nitrogens with zero attached hydrogens (tertiary/aromatic N) is 4. The van der Waals surface area contributed by atoms with E-state index in [0.717, 1.165) is 38.2 Å². The molecule has 1 aliphatic carbocycles. The first-order chi connectivity index (χ1) is 12.8. The van der Waals surface area contributed by atoms with Gasteiger partial charge in [-0.3, -0.25) is 14.6 Å². The Morgan fingerprint density at radius 3 is 3.08 bits per heavy atom. The molecule has 4 rings (SSSR count). The van der Waals surface area contributed by atoms with Gasteiger partial charge in [-0.1, -0.05) is 11.6 Å². The number of rotatable bonds is 5. The average molecular weight is 357 g/mol. The van der Waals surface area contributed by atoms with Crippen LogP contribution in [-0.4, -0.2) is 44.2 Å². The van der Waals surface area contributed by atoms with E-state index >= 15 is 0 Å². The summed E-state index contributed by atoms with van der Waals surface area (Å²) in [5, 5.41) is 22.0. The molecule has 2 aromatic heterocycles. The molecule has 1 amide bonds. The van der Waals surface area contributed by atoms with Gasteiger partial charge in [0, 0.05) is 12.2 Å². The number of aryl methyl sites for hydroxylation is 1. The predicted molar refractivity (Wildman–Crippen MR) is 96.6 cm³/mol. The second kappa shape index (κ2) is 7.99. The Balaban J connectivity index is 1.33. The number of amides is 1. The molecular formula is C18H27N7O. The van der Waals surface area contributed by atoms with Crippen LogP contribution in [0.15, 0.2) is 6.20 Å². The minimum atomic E-state index is -0.191. The minimum absolute atomic E-state index is 0.191. The topological polar surface area (TPSA) is 101 Å². The molecule has 1 aliphatic heterocycles. The van der Waals surface area contributed by atoms with Gasteiger partial charge >= 0.3 is 0 Å². The summed E-state index contributed by atoms with van der Waals surface area (Å²) < 4.78 is 1.78. The molecule has 1 atom stereocenters. The van der Waals surface area contributed by atoms with E-state index in [-0.39, 0.29) is 5.91 Å². The van der Waals surface area contributed by atoms with E-state index in [4.69, 9.17) is 0 Å². The Labute approximate surface area is 153 Å². The second-order valence-corrected chi connectivity index (χ2v) is 7.41. The van der Waals surface area contributed by atoms with E-state index in [9.17, 15) is 4.79 Å². The number of aromatic nitrogens is 5. The fourth-order valence-corrected chi connectivity index (χ4v) is 3.96. The van der Waals surface area contributed by atoms with Crippen molar-refractivity contribution in [3.63, 3.8) is 0 Å². The van der Waals surface area contributed by atoms with Crippen molar-refractivity contribution in [1.29, 1.82) is 0 Å². The molecule has 2 aromatic rings. The maximum Gasteiger partial charge on any atom is 0.273 e. The highest BCUT2D eigenvalue weighted by Crippen LogP contribution is 2.21. The van der Waals surface area contributed by atoms with Crippen LogP contribution in [0, 0.1) is 5.92 Å². The summed E-state index contributed by atoms with van der Waals surface area (Å²) in [7, 11) is 0. The third-order valence-electron chi connectivity index (χ3n) is 5.42. The van der Waals surface area contributed by atoms with Crippen molar-refractivity contribution in [3.8, 4) is 0 Å². The van der Waals surface area contributed by atoms with Crippen molar-refractivity contribution in [2.24, 2.45) is 5.92 Å². The molecule has 0 unspecified atom stereocenters. The standard InChI is InChI=1S/C18H27N7O/c26-18(17-12-25(24-23-17)11-13-5-4-8-19-9-13)20-10-16-14-6-2-1-3-7-15(14)21-22-16/h12-13,19H,1-11H2,(H,20,26)(H,21,22)/t13-/m1/s1. The van der Waals surface area contributed by atoms with Crippen LogP contribution in [0.2, 0.25) is 0 Å². The van der Waals surface area contributed by atoms with Crippen LogP contribution < -0.4 is 10.6 Å². The number of fused-ring (bicyclic) bond motifs is 1. The van der Waals surface area contributed by atoms with Crippen LogP contribution in [-0.2, 0) is 25.9 Å². The first kappa shape index (κ1) is 17.2. The molecule has 3 N–H and O–H groups in total. The largest absolute Gasteiger partial charge is 0.345 e. The Hall–Kier alpha value is -2.22. The van der Waals surface area contributed by atoms with Gasteiger partial charge in [0.2, 0.25) is 0 Å². The van der Waals surface area contributed by atoms with Crippen LogP contribution in [0.25, 0.3) is 0 Å². The molecule has 0 radical (unpaired) electrons. The molecule has 1 fully saturated rings. The van der Waals surface area contributed by atoms with Gasteiger partial charge in [-0.25, -0.2) is 0 Å². The second-order valence-electron chi connectivity index (χ2n) is 7.41. The third kappa shape index (κ3) is 3.95. The number of carbonyl (C=O) groups excluding carboxylic acids is 1. The first-order valence-electron chi connectivity index (χ1n) is 9.73. The zero-order valence-corrected chi connectivity index (χ0v) is 15.1. The lowest BCUT2D eigenvalue weighted by Crippen LogP contribution is -2.32. The smallest absolute Gasteiger partial charge is 0.273 e. The molecule has 140 valence electrons. The highest BCUT2D eigenvalue weighted by Gasteiger charge is 2.18. The van der Waals surface area contributed by atoms with Crippen LogP contribution in [0.5, 0.6) is 0 Å². The Morgan fingerprint density at radius 2 is 2.19 bits per heavy atom. The SMILES string of the molecule is O=C(NCc1n[nH]c2c1CCCCC2)c1cn(C[C@@H]2CCCNC2)nn1. The molecule has 2 aliphatic rings. The lowest BCUT2D eigenvalue weighted by molar-refractivity contribution is 0.0945. The molecule has 1 saturated heterocycles. The van der Waals surface area contributed by atoms with Gasteiger partial charge in [-0.15, -0.1) is 5.10 Å². The van der Waals surface area contributed by atoms with Crippen molar-refractivity contribution >= 4 is 5.91 Å². The maximum absolute atomic E-state index is 12.4. The molecular weight excluding hydrogens is 330 g/mol. The van der Waals surface area contributed by atoms with Crippen LogP contribution >= 0.6 is 0 Å². The average Bonchev–Trinajstić information content (AvgIpc) is 3.21. The van der Waals surface area contributed by atoms with E-state index in [1.165, 1.54) is 43.4 Å². The number of piperidine rings is 1. The molecule has 8 heteroatoms. The van der Waals surface area contributed by atoms with Crippen molar-refractivity contribution in [1.82, 2.24) is 35.8 Å². The monoisotopic (exact) mass is 357 g/mol. The fourth-order valence-electron chi connectivity index (χ4n) is 3.96. The lowest BCUT2D eigenvalue weighted by atomic mass is 10.00. The zero-order chi connectivity index (χ0) is 17.8. The molecule has 0 bridgehead atoms. The highest BCUT2D eigenvalue weighted by atomic mass is 16.2. The molecule has 0 aromatic carbocycles. The van der Waals surface area contributed by atoms with E-state index in [2.05, 4.69) is 31.1 Å². The van der Waals surface area contributed by atoms with Crippen LogP contribution in [0.3, 0.4) is 0 Å². The number of H-pyrrole nitrogens is 1. The van der Waals surface area contributed by atoms with E-state index in [1.807, 2.05) is 0 Å². The normalized spacial score (nSPS) is 20.4.